The fourth-order valence-corrected chi connectivity index (χ4v) is 2.93. The molecule has 18 heavy (non-hydrogen) atoms. The predicted octanol–water partition coefficient (Wildman–Crippen LogP) is 3.64. The lowest BCUT2D eigenvalue weighted by Gasteiger charge is -2.24. The third kappa shape index (κ3) is 2.31. The number of rotatable bonds is 4. The zero-order valence-corrected chi connectivity index (χ0v) is 11.3. The molecule has 0 saturated carbocycles. The number of carboxylic acid groups (broad SMARTS) is 1. The molecule has 0 bridgehead atoms. The Bertz CT molecular complexity index is 545. The molecule has 0 spiro atoms. The van der Waals surface area contributed by atoms with E-state index in [0.29, 0.717) is 6.42 Å². The van der Waals surface area contributed by atoms with Crippen LogP contribution in [0.5, 0.6) is 0 Å². The fraction of sp³-hybridized carbons (Fsp3) is 0.267. The van der Waals surface area contributed by atoms with Crippen molar-refractivity contribution < 1.29 is 9.90 Å². The van der Waals surface area contributed by atoms with Crippen LogP contribution in [0.1, 0.15) is 22.9 Å². The third-order valence-corrected chi connectivity index (χ3v) is 4.48. The Balaban J connectivity index is 2.39. The molecule has 0 aliphatic heterocycles. The average Bonchev–Trinajstić information content (AvgIpc) is 2.86. The summed E-state index contributed by atoms with van der Waals surface area (Å²) in [5.74, 6) is -0.770. The van der Waals surface area contributed by atoms with Gasteiger partial charge in [0, 0.05) is 4.88 Å². The highest BCUT2D eigenvalue weighted by Gasteiger charge is 2.36. The Morgan fingerprint density at radius 2 is 2.00 bits per heavy atom. The van der Waals surface area contributed by atoms with Crippen LogP contribution >= 0.6 is 11.3 Å². The molecular formula is C15H16O2S. The monoisotopic (exact) mass is 260 g/mol. The van der Waals surface area contributed by atoms with E-state index in [1.807, 2.05) is 48.7 Å². The highest BCUT2D eigenvalue weighted by molar-refractivity contribution is 7.10. The standard InChI is InChI=1S/C15H16O2S/c1-11-6-3-4-7-12(11)10-15(2,14(16)17)13-8-5-9-18-13/h3-9H,10H2,1-2H3,(H,16,17). The van der Waals surface area contributed by atoms with Crippen molar-refractivity contribution in [1.29, 1.82) is 0 Å². The van der Waals surface area contributed by atoms with Gasteiger partial charge in [0.05, 0.1) is 0 Å². The van der Waals surface area contributed by atoms with Crippen molar-refractivity contribution >= 4 is 17.3 Å². The Hall–Kier alpha value is -1.61. The van der Waals surface area contributed by atoms with Crippen LogP contribution in [0.25, 0.3) is 0 Å². The molecule has 0 saturated heterocycles. The summed E-state index contributed by atoms with van der Waals surface area (Å²) in [7, 11) is 0. The summed E-state index contributed by atoms with van der Waals surface area (Å²) in [5.41, 5.74) is 1.39. The van der Waals surface area contributed by atoms with E-state index < -0.39 is 11.4 Å². The molecule has 94 valence electrons. The van der Waals surface area contributed by atoms with E-state index in [2.05, 4.69) is 0 Å². The van der Waals surface area contributed by atoms with Gasteiger partial charge in [0.15, 0.2) is 0 Å². The van der Waals surface area contributed by atoms with Gasteiger partial charge in [-0.1, -0.05) is 30.3 Å². The first-order chi connectivity index (χ1) is 8.54. The number of hydrogen-bond donors (Lipinski definition) is 1. The van der Waals surface area contributed by atoms with Crippen molar-refractivity contribution in [2.45, 2.75) is 25.7 Å². The van der Waals surface area contributed by atoms with Crippen molar-refractivity contribution in [1.82, 2.24) is 0 Å². The lowest BCUT2D eigenvalue weighted by atomic mass is 9.81. The van der Waals surface area contributed by atoms with Gasteiger partial charge in [-0.05, 0) is 42.8 Å². The Morgan fingerprint density at radius 3 is 2.56 bits per heavy atom. The number of aliphatic carboxylic acids is 1. The molecule has 1 heterocycles. The van der Waals surface area contributed by atoms with E-state index in [1.54, 1.807) is 6.92 Å². The van der Waals surface area contributed by atoms with E-state index >= 15 is 0 Å². The van der Waals surface area contributed by atoms with Crippen molar-refractivity contribution in [2.75, 3.05) is 0 Å². The minimum Gasteiger partial charge on any atom is -0.481 e. The minimum absolute atomic E-state index is 0.523. The van der Waals surface area contributed by atoms with Crippen LogP contribution in [0, 0.1) is 6.92 Å². The lowest BCUT2D eigenvalue weighted by molar-refractivity contribution is -0.143. The van der Waals surface area contributed by atoms with Gasteiger partial charge in [0.25, 0.3) is 0 Å². The molecule has 0 amide bonds. The van der Waals surface area contributed by atoms with E-state index in [1.165, 1.54) is 11.3 Å². The smallest absolute Gasteiger partial charge is 0.315 e. The molecule has 0 radical (unpaired) electrons. The van der Waals surface area contributed by atoms with Gasteiger partial charge >= 0.3 is 5.97 Å². The van der Waals surface area contributed by atoms with E-state index in [9.17, 15) is 9.90 Å². The quantitative estimate of drug-likeness (QED) is 0.911. The summed E-state index contributed by atoms with van der Waals surface area (Å²) in [6, 6.07) is 11.8. The first kappa shape index (κ1) is 12.8. The first-order valence-electron chi connectivity index (χ1n) is 5.86. The molecule has 3 heteroatoms. The van der Waals surface area contributed by atoms with Crippen molar-refractivity contribution in [3.8, 4) is 0 Å². The van der Waals surface area contributed by atoms with Gasteiger partial charge in [-0.3, -0.25) is 4.79 Å². The van der Waals surface area contributed by atoms with Crippen LogP contribution < -0.4 is 0 Å². The maximum atomic E-state index is 11.6. The second-order valence-corrected chi connectivity index (χ2v) is 5.67. The predicted molar refractivity (Wildman–Crippen MR) is 74.2 cm³/mol. The zero-order valence-electron chi connectivity index (χ0n) is 10.5. The first-order valence-corrected chi connectivity index (χ1v) is 6.74. The molecule has 1 N–H and O–H groups in total. The van der Waals surface area contributed by atoms with Crippen LogP contribution in [0.15, 0.2) is 41.8 Å². The van der Waals surface area contributed by atoms with Gasteiger partial charge in [0.1, 0.15) is 5.41 Å². The van der Waals surface area contributed by atoms with Crippen LogP contribution in [0.4, 0.5) is 0 Å². The molecule has 0 aliphatic rings. The summed E-state index contributed by atoms with van der Waals surface area (Å²) in [6.07, 6.45) is 0.523. The van der Waals surface area contributed by atoms with Gasteiger partial charge in [-0.2, -0.15) is 0 Å². The molecule has 0 fully saturated rings. The fourth-order valence-electron chi connectivity index (χ4n) is 2.05. The van der Waals surface area contributed by atoms with E-state index in [0.717, 1.165) is 16.0 Å². The molecule has 1 unspecified atom stereocenters. The SMILES string of the molecule is Cc1ccccc1CC(C)(C(=O)O)c1cccs1. The second kappa shape index (κ2) is 4.94. The second-order valence-electron chi connectivity index (χ2n) is 4.72. The Kier molecular flexibility index (Phi) is 3.53. The molecule has 1 aromatic heterocycles. The Morgan fingerprint density at radius 1 is 1.28 bits per heavy atom. The molecular weight excluding hydrogens is 244 g/mol. The van der Waals surface area contributed by atoms with Crippen molar-refractivity contribution in [3.63, 3.8) is 0 Å². The highest BCUT2D eigenvalue weighted by atomic mass is 32.1. The number of benzene rings is 1. The average molecular weight is 260 g/mol. The molecule has 0 aliphatic carbocycles. The van der Waals surface area contributed by atoms with E-state index in [-0.39, 0.29) is 0 Å². The van der Waals surface area contributed by atoms with Crippen molar-refractivity contribution in [2.24, 2.45) is 0 Å². The number of carbonyl (C=O) groups is 1. The lowest BCUT2D eigenvalue weighted by Crippen LogP contribution is -2.34. The van der Waals surface area contributed by atoms with E-state index in [4.69, 9.17) is 0 Å². The normalized spacial score (nSPS) is 14.1. The summed E-state index contributed by atoms with van der Waals surface area (Å²) in [4.78, 5) is 12.5. The molecule has 1 aromatic carbocycles. The number of carboxylic acids is 1. The van der Waals surface area contributed by atoms with Gasteiger partial charge < -0.3 is 5.11 Å². The van der Waals surface area contributed by atoms with Crippen LogP contribution in [-0.2, 0) is 16.6 Å². The number of aryl methyl sites for hydroxylation is 1. The summed E-state index contributed by atoms with van der Waals surface area (Å²) in [6.45, 7) is 3.82. The van der Waals surface area contributed by atoms with Gasteiger partial charge in [-0.15, -0.1) is 11.3 Å². The highest BCUT2D eigenvalue weighted by Crippen LogP contribution is 2.32. The number of thiophene rings is 1. The topological polar surface area (TPSA) is 37.3 Å². The molecule has 1 atom stereocenters. The minimum atomic E-state index is -0.847. The summed E-state index contributed by atoms with van der Waals surface area (Å²) >= 11 is 1.50. The summed E-state index contributed by atoms with van der Waals surface area (Å²) in [5, 5.41) is 11.5. The van der Waals surface area contributed by atoms with Gasteiger partial charge in [0.2, 0.25) is 0 Å². The Labute approximate surface area is 111 Å². The maximum absolute atomic E-state index is 11.6. The molecule has 2 rings (SSSR count). The summed E-state index contributed by atoms with van der Waals surface area (Å²) < 4.78 is 0. The maximum Gasteiger partial charge on any atom is 0.315 e. The van der Waals surface area contributed by atoms with Crippen molar-refractivity contribution in [3.05, 3.63) is 57.8 Å². The van der Waals surface area contributed by atoms with Crippen LogP contribution in [-0.4, -0.2) is 11.1 Å². The third-order valence-electron chi connectivity index (χ3n) is 3.34. The molecule has 2 aromatic rings. The largest absolute Gasteiger partial charge is 0.481 e. The van der Waals surface area contributed by atoms with Crippen LogP contribution in [0.2, 0.25) is 0 Å². The number of hydrogen-bond acceptors (Lipinski definition) is 2. The zero-order chi connectivity index (χ0) is 13.2. The van der Waals surface area contributed by atoms with Crippen LogP contribution in [0.3, 0.4) is 0 Å². The van der Waals surface area contributed by atoms with Gasteiger partial charge in [-0.25, -0.2) is 0 Å². The molecule has 2 nitrogen and oxygen atoms in total.